The van der Waals surface area contributed by atoms with Crippen LogP contribution in [0.2, 0.25) is 0 Å². The predicted octanol–water partition coefficient (Wildman–Crippen LogP) is 3.87. The number of alkyl halides is 3. The van der Waals surface area contributed by atoms with Crippen molar-refractivity contribution >= 4 is 17.7 Å². The van der Waals surface area contributed by atoms with E-state index in [2.05, 4.69) is 15.6 Å². The monoisotopic (exact) mass is 393 g/mol. The van der Waals surface area contributed by atoms with E-state index in [9.17, 15) is 18.0 Å². The summed E-state index contributed by atoms with van der Waals surface area (Å²) in [7, 11) is 0. The number of nitrogens with one attached hydrogen (secondary N) is 2. The topological polar surface area (TPSA) is 54.0 Å². The SMILES string of the molecule is O=C(N[C@@H]1C[C@H]2CC[C@@H]1N2)c1ccc(Sc2cccc(C(F)(F)F)n2)cc1. The third kappa shape index (κ3) is 4.11. The van der Waals surface area contributed by atoms with Crippen molar-refractivity contribution in [1.29, 1.82) is 0 Å². The number of hydrogen-bond acceptors (Lipinski definition) is 4. The Kier molecular flexibility index (Phi) is 4.86. The number of rotatable bonds is 4. The second-order valence-electron chi connectivity index (χ2n) is 6.85. The summed E-state index contributed by atoms with van der Waals surface area (Å²) in [6.07, 6.45) is -1.24. The highest BCUT2D eigenvalue weighted by molar-refractivity contribution is 7.99. The molecule has 2 aliphatic rings. The molecular weight excluding hydrogens is 375 g/mol. The van der Waals surface area contributed by atoms with Crippen molar-refractivity contribution in [3.63, 3.8) is 0 Å². The summed E-state index contributed by atoms with van der Waals surface area (Å²) < 4.78 is 38.3. The normalized spacial score (nSPS) is 24.2. The molecule has 8 heteroatoms. The number of fused-ring (bicyclic) bond motifs is 2. The fraction of sp³-hybridized carbons (Fsp3) is 0.368. The standard InChI is InChI=1S/C19H18F3N3OS/c20-19(21,22)16-2-1-3-17(25-16)27-13-7-4-11(5-8-13)18(26)24-15-10-12-6-9-14(15)23-12/h1-5,7-8,12,14-15,23H,6,9-10H2,(H,24,26)/t12-,14+,15-/m1/s1. The van der Waals surface area contributed by atoms with E-state index in [1.165, 1.54) is 18.6 Å². The van der Waals surface area contributed by atoms with Gasteiger partial charge in [0.1, 0.15) is 10.7 Å². The average Bonchev–Trinajstić information content (AvgIpc) is 3.25. The van der Waals surface area contributed by atoms with Crippen LogP contribution in [0.15, 0.2) is 52.4 Å². The van der Waals surface area contributed by atoms with Crippen LogP contribution in [0.25, 0.3) is 0 Å². The van der Waals surface area contributed by atoms with Gasteiger partial charge in [0.05, 0.1) is 0 Å². The highest BCUT2D eigenvalue weighted by Crippen LogP contribution is 2.32. The molecule has 4 nitrogen and oxygen atoms in total. The van der Waals surface area contributed by atoms with Crippen LogP contribution >= 0.6 is 11.8 Å². The number of benzene rings is 1. The first-order valence-corrected chi connectivity index (χ1v) is 9.59. The first kappa shape index (κ1) is 18.3. The van der Waals surface area contributed by atoms with Crippen molar-refractivity contribution < 1.29 is 18.0 Å². The molecule has 2 fully saturated rings. The molecule has 27 heavy (non-hydrogen) atoms. The lowest BCUT2D eigenvalue weighted by molar-refractivity contribution is -0.141. The Bertz CT molecular complexity index is 841. The van der Waals surface area contributed by atoms with Crippen LogP contribution in [0.3, 0.4) is 0 Å². The van der Waals surface area contributed by atoms with Gasteiger partial charge >= 0.3 is 6.18 Å². The van der Waals surface area contributed by atoms with Crippen molar-refractivity contribution in [3.8, 4) is 0 Å². The molecule has 0 saturated carbocycles. The third-order valence-electron chi connectivity index (χ3n) is 4.97. The summed E-state index contributed by atoms with van der Waals surface area (Å²) in [5.41, 5.74) is -0.373. The zero-order valence-corrected chi connectivity index (χ0v) is 15.1. The minimum Gasteiger partial charge on any atom is -0.348 e. The van der Waals surface area contributed by atoms with E-state index < -0.39 is 11.9 Å². The Hall–Kier alpha value is -2.06. The van der Waals surface area contributed by atoms with Gasteiger partial charge in [-0.05, 0) is 55.7 Å². The summed E-state index contributed by atoms with van der Waals surface area (Å²) in [6, 6.07) is 11.7. The highest BCUT2D eigenvalue weighted by atomic mass is 32.2. The Labute approximate surface area is 158 Å². The molecule has 0 radical (unpaired) electrons. The quantitative estimate of drug-likeness (QED) is 0.828. The van der Waals surface area contributed by atoms with Crippen LogP contribution in [-0.4, -0.2) is 29.0 Å². The number of pyridine rings is 1. The van der Waals surface area contributed by atoms with Crippen LogP contribution < -0.4 is 10.6 Å². The highest BCUT2D eigenvalue weighted by Gasteiger charge is 2.39. The summed E-state index contributed by atoms with van der Waals surface area (Å²) in [5, 5.41) is 6.81. The lowest BCUT2D eigenvalue weighted by atomic mass is 9.95. The van der Waals surface area contributed by atoms with E-state index in [1.807, 2.05) is 0 Å². The minimum atomic E-state index is -4.47. The van der Waals surface area contributed by atoms with E-state index in [1.54, 1.807) is 24.3 Å². The van der Waals surface area contributed by atoms with Crippen molar-refractivity contribution in [1.82, 2.24) is 15.6 Å². The first-order chi connectivity index (χ1) is 12.9. The molecule has 142 valence electrons. The first-order valence-electron chi connectivity index (χ1n) is 8.77. The van der Waals surface area contributed by atoms with Gasteiger partial charge in [-0.25, -0.2) is 4.98 Å². The second kappa shape index (κ2) is 7.16. The molecule has 0 aliphatic carbocycles. The van der Waals surface area contributed by atoms with Gasteiger partial charge in [0, 0.05) is 28.6 Å². The Morgan fingerprint density at radius 3 is 2.56 bits per heavy atom. The van der Waals surface area contributed by atoms with Gasteiger partial charge in [-0.1, -0.05) is 17.8 Å². The lowest BCUT2D eigenvalue weighted by Crippen LogP contribution is -2.42. The molecular formula is C19H18F3N3OS. The van der Waals surface area contributed by atoms with Crippen molar-refractivity contribution in [2.75, 3.05) is 0 Å². The molecule has 3 heterocycles. The van der Waals surface area contributed by atoms with Gasteiger partial charge < -0.3 is 10.6 Å². The molecule has 0 spiro atoms. The maximum Gasteiger partial charge on any atom is 0.433 e. The number of aromatic nitrogens is 1. The van der Waals surface area contributed by atoms with Gasteiger partial charge in [-0.15, -0.1) is 0 Å². The minimum absolute atomic E-state index is 0.122. The number of nitrogens with zero attached hydrogens (tertiary/aromatic N) is 1. The summed E-state index contributed by atoms with van der Waals surface area (Å²) in [4.78, 5) is 16.8. The molecule has 2 N–H and O–H groups in total. The predicted molar refractivity (Wildman–Crippen MR) is 95.6 cm³/mol. The molecule has 2 aromatic rings. The van der Waals surface area contributed by atoms with Crippen molar-refractivity contribution in [2.24, 2.45) is 0 Å². The van der Waals surface area contributed by atoms with E-state index in [-0.39, 0.29) is 17.0 Å². The lowest BCUT2D eigenvalue weighted by Gasteiger charge is -2.21. The van der Waals surface area contributed by atoms with E-state index in [0.29, 0.717) is 17.6 Å². The smallest absolute Gasteiger partial charge is 0.348 e. The maximum absolute atomic E-state index is 12.8. The van der Waals surface area contributed by atoms with E-state index in [0.717, 1.165) is 35.6 Å². The van der Waals surface area contributed by atoms with E-state index in [4.69, 9.17) is 0 Å². The Morgan fingerprint density at radius 2 is 1.93 bits per heavy atom. The van der Waals surface area contributed by atoms with Crippen LogP contribution in [0.5, 0.6) is 0 Å². The average molecular weight is 393 g/mol. The number of amides is 1. The van der Waals surface area contributed by atoms with Gasteiger partial charge in [-0.3, -0.25) is 4.79 Å². The van der Waals surface area contributed by atoms with Gasteiger partial charge in [0.15, 0.2) is 0 Å². The maximum atomic E-state index is 12.8. The Balaban J connectivity index is 1.39. The van der Waals surface area contributed by atoms with E-state index >= 15 is 0 Å². The second-order valence-corrected chi connectivity index (χ2v) is 7.94. The molecule has 1 amide bonds. The summed E-state index contributed by atoms with van der Waals surface area (Å²) in [5.74, 6) is -0.122. The Morgan fingerprint density at radius 1 is 1.15 bits per heavy atom. The fourth-order valence-electron chi connectivity index (χ4n) is 3.66. The molecule has 1 aromatic carbocycles. The van der Waals surface area contributed by atoms with Crippen LogP contribution in [0.4, 0.5) is 13.2 Å². The molecule has 0 unspecified atom stereocenters. The number of carbonyl (C=O) groups is 1. The number of hydrogen-bond donors (Lipinski definition) is 2. The van der Waals surface area contributed by atoms with Gasteiger partial charge in [0.2, 0.25) is 0 Å². The van der Waals surface area contributed by atoms with Crippen LogP contribution in [0.1, 0.15) is 35.3 Å². The molecule has 1 aromatic heterocycles. The number of halogens is 3. The zero-order valence-electron chi connectivity index (χ0n) is 14.3. The van der Waals surface area contributed by atoms with Crippen molar-refractivity contribution in [2.45, 2.75) is 53.5 Å². The van der Waals surface area contributed by atoms with Crippen molar-refractivity contribution in [3.05, 3.63) is 53.7 Å². The molecule has 2 bridgehead atoms. The number of carbonyl (C=O) groups excluding carboxylic acids is 1. The van der Waals surface area contributed by atoms with Crippen LogP contribution in [0, 0.1) is 0 Å². The molecule has 3 atom stereocenters. The largest absolute Gasteiger partial charge is 0.433 e. The summed E-state index contributed by atoms with van der Waals surface area (Å²) >= 11 is 1.13. The third-order valence-corrected chi connectivity index (χ3v) is 5.91. The van der Waals surface area contributed by atoms with Gasteiger partial charge in [-0.2, -0.15) is 13.2 Å². The van der Waals surface area contributed by atoms with Crippen LogP contribution in [-0.2, 0) is 6.18 Å². The zero-order chi connectivity index (χ0) is 19.0. The molecule has 4 rings (SSSR count). The molecule has 2 saturated heterocycles. The molecule has 2 aliphatic heterocycles. The summed E-state index contributed by atoms with van der Waals surface area (Å²) in [6.45, 7) is 0. The van der Waals surface area contributed by atoms with Gasteiger partial charge in [0.25, 0.3) is 5.91 Å². The fourth-order valence-corrected chi connectivity index (χ4v) is 4.46.